The van der Waals surface area contributed by atoms with Gasteiger partial charge >= 0.3 is 0 Å². The number of nitrogens with zero attached hydrogens (tertiary/aromatic N) is 3. The van der Waals surface area contributed by atoms with Crippen molar-refractivity contribution in [1.82, 2.24) is 19.5 Å². The molecule has 25 heavy (non-hydrogen) atoms. The first-order chi connectivity index (χ1) is 11.7. The zero-order valence-corrected chi connectivity index (χ0v) is 15.4. The van der Waals surface area contributed by atoms with Crippen LogP contribution in [0.4, 0.5) is 5.95 Å². The molecule has 1 aliphatic heterocycles. The maximum absolute atomic E-state index is 12.0. The second-order valence-corrected chi connectivity index (χ2v) is 11.3. The van der Waals surface area contributed by atoms with Gasteiger partial charge in [0, 0.05) is 7.05 Å². The molecule has 1 fully saturated rings. The van der Waals surface area contributed by atoms with Crippen molar-refractivity contribution >= 4 is 30.3 Å². The molecule has 3 heterocycles. The van der Waals surface area contributed by atoms with E-state index in [9.17, 15) is 15.0 Å². The fourth-order valence-electron chi connectivity index (χ4n) is 2.91. The molecule has 2 aromatic rings. The lowest BCUT2D eigenvalue weighted by atomic mass is 10.1. The van der Waals surface area contributed by atoms with E-state index >= 15 is 0 Å². The van der Waals surface area contributed by atoms with E-state index in [-0.39, 0.29) is 22.7 Å². The Hall–Kier alpha value is -1.67. The Morgan fingerprint density at radius 1 is 1.44 bits per heavy atom. The number of hydrogen-bond donors (Lipinski definition) is 4. The van der Waals surface area contributed by atoms with Crippen LogP contribution in [0, 0.1) is 0 Å². The molecule has 10 heteroatoms. The molecule has 1 aliphatic rings. The summed E-state index contributed by atoms with van der Waals surface area (Å²) in [5.74, 6) is 0.285. The number of ether oxygens (including phenoxy) is 1. The minimum Gasteiger partial charge on any atom is -0.388 e. The van der Waals surface area contributed by atoms with Gasteiger partial charge in [-0.05, 0) is 25.9 Å². The number of fused-ring (bicyclic) bond motifs is 1. The topological polar surface area (TPSA) is 125 Å². The first-order valence-electron chi connectivity index (χ1n) is 8.05. The molecular formula is C15H24N5O4P. The standard InChI is InChI=1S/C15H24N5O4P/c1-16-15-18-12-9(13(23)19-15)17-7-20(12)14-11(22)10(21)8(24-14)5-6-25(2,3)4/h7-8,10-11,14,21-22H,2,5-6H2,1,3-4H3,(H2,16,18,19,23)/t8-,10-,11-,14?/m1/s1. The van der Waals surface area contributed by atoms with Gasteiger partial charge < -0.3 is 20.3 Å². The van der Waals surface area contributed by atoms with Crippen molar-refractivity contribution in [3.05, 3.63) is 16.7 Å². The summed E-state index contributed by atoms with van der Waals surface area (Å²) in [6.07, 6.45) is 3.52. The normalized spacial score (nSPS) is 27.1. The second-order valence-electron chi connectivity index (χ2n) is 6.98. The van der Waals surface area contributed by atoms with Crippen molar-refractivity contribution in [2.45, 2.75) is 31.0 Å². The molecule has 9 nitrogen and oxygen atoms in total. The lowest BCUT2D eigenvalue weighted by molar-refractivity contribution is -0.0353. The molecule has 0 aromatic carbocycles. The third-order valence-electron chi connectivity index (χ3n) is 4.30. The van der Waals surface area contributed by atoms with Gasteiger partial charge in [-0.15, -0.1) is 13.2 Å². The number of H-pyrrole nitrogens is 1. The number of aromatic amines is 1. The van der Waals surface area contributed by atoms with Gasteiger partial charge in [0.25, 0.3) is 5.56 Å². The van der Waals surface area contributed by atoms with Crippen molar-refractivity contribution in [2.75, 3.05) is 31.9 Å². The van der Waals surface area contributed by atoms with Crippen molar-refractivity contribution in [1.29, 1.82) is 0 Å². The van der Waals surface area contributed by atoms with E-state index < -0.39 is 31.4 Å². The van der Waals surface area contributed by atoms with Crippen LogP contribution in [-0.4, -0.2) is 80.9 Å². The zero-order chi connectivity index (χ0) is 18.4. The van der Waals surface area contributed by atoms with Gasteiger partial charge in [0.1, 0.15) is 12.2 Å². The number of nitrogens with one attached hydrogen (secondary N) is 2. The first-order valence-corrected chi connectivity index (χ1v) is 11.1. The monoisotopic (exact) mass is 369 g/mol. The molecule has 4 atom stereocenters. The van der Waals surface area contributed by atoms with E-state index in [0.29, 0.717) is 6.42 Å². The fraction of sp³-hybridized carbons (Fsp3) is 0.600. The highest BCUT2D eigenvalue weighted by molar-refractivity contribution is 7.72. The smallest absolute Gasteiger partial charge is 0.280 e. The molecule has 2 aromatic heterocycles. The highest BCUT2D eigenvalue weighted by Gasteiger charge is 2.44. The average Bonchev–Trinajstić information content (AvgIpc) is 3.08. The number of hydrogen-bond acceptors (Lipinski definition) is 7. The summed E-state index contributed by atoms with van der Waals surface area (Å²) in [6, 6.07) is 0. The van der Waals surface area contributed by atoms with Gasteiger partial charge in [-0.1, -0.05) is 0 Å². The van der Waals surface area contributed by atoms with Crippen LogP contribution in [0.1, 0.15) is 12.6 Å². The lowest BCUT2D eigenvalue weighted by Gasteiger charge is -2.18. The molecule has 1 unspecified atom stereocenters. The molecule has 4 N–H and O–H groups in total. The summed E-state index contributed by atoms with van der Waals surface area (Å²) in [5, 5.41) is 23.5. The van der Waals surface area contributed by atoms with E-state index in [1.165, 1.54) is 10.9 Å². The van der Waals surface area contributed by atoms with Gasteiger partial charge in [0.2, 0.25) is 5.95 Å². The van der Waals surface area contributed by atoms with Crippen LogP contribution < -0.4 is 10.9 Å². The van der Waals surface area contributed by atoms with Crippen molar-refractivity contribution < 1.29 is 14.9 Å². The van der Waals surface area contributed by atoms with E-state index in [4.69, 9.17) is 4.74 Å². The third-order valence-corrected chi connectivity index (χ3v) is 5.77. The quantitative estimate of drug-likeness (QED) is 0.542. The summed E-state index contributed by atoms with van der Waals surface area (Å²) < 4.78 is 7.38. The van der Waals surface area contributed by atoms with Crippen LogP contribution in [0.3, 0.4) is 0 Å². The highest BCUT2D eigenvalue weighted by Crippen LogP contribution is 2.39. The number of aliphatic hydroxyl groups excluding tert-OH is 2. The van der Waals surface area contributed by atoms with Crippen molar-refractivity contribution in [3.8, 4) is 0 Å². The Morgan fingerprint density at radius 3 is 2.80 bits per heavy atom. The molecular weight excluding hydrogens is 345 g/mol. The van der Waals surface area contributed by atoms with Crippen LogP contribution in [0.25, 0.3) is 11.2 Å². The summed E-state index contributed by atoms with van der Waals surface area (Å²) in [7, 11) is 1.63. The Bertz CT molecular complexity index is 872. The molecule has 3 rings (SSSR count). The Kier molecular flexibility index (Phi) is 4.76. The molecule has 0 amide bonds. The van der Waals surface area contributed by atoms with Crippen molar-refractivity contribution in [3.63, 3.8) is 0 Å². The minimum absolute atomic E-state index is 0.151. The molecule has 0 saturated carbocycles. The maximum Gasteiger partial charge on any atom is 0.280 e. The minimum atomic E-state index is -1.26. The molecule has 0 bridgehead atoms. The van der Waals surface area contributed by atoms with Crippen LogP contribution in [0.15, 0.2) is 11.1 Å². The number of rotatable bonds is 5. The predicted octanol–water partition coefficient (Wildman–Crippen LogP) is -0.120. The number of aliphatic hydroxyl groups is 2. The summed E-state index contributed by atoms with van der Waals surface area (Å²) in [6.45, 7) is 2.97. The van der Waals surface area contributed by atoms with Gasteiger partial charge in [-0.2, -0.15) is 4.98 Å². The van der Waals surface area contributed by atoms with E-state index in [0.717, 1.165) is 6.16 Å². The average molecular weight is 369 g/mol. The van der Waals surface area contributed by atoms with E-state index in [1.807, 2.05) is 0 Å². The number of aromatic nitrogens is 4. The van der Waals surface area contributed by atoms with Gasteiger partial charge in [-0.3, -0.25) is 14.3 Å². The summed E-state index contributed by atoms with van der Waals surface area (Å²) in [4.78, 5) is 22.9. The van der Waals surface area contributed by atoms with Crippen LogP contribution in [0.5, 0.6) is 0 Å². The summed E-state index contributed by atoms with van der Waals surface area (Å²) in [5.41, 5.74) is 0.0498. The zero-order valence-electron chi connectivity index (χ0n) is 14.5. The van der Waals surface area contributed by atoms with E-state index in [2.05, 4.69) is 39.9 Å². The Balaban J connectivity index is 1.91. The van der Waals surface area contributed by atoms with Crippen LogP contribution in [-0.2, 0) is 4.74 Å². The molecule has 0 spiro atoms. The van der Waals surface area contributed by atoms with Crippen LogP contribution in [0.2, 0.25) is 0 Å². The first kappa shape index (κ1) is 18.1. The molecule has 1 saturated heterocycles. The predicted molar refractivity (Wildman–Crippen MR) is 99.0 cm³/mol. The lowest BCUT2D eigenvalue weighted by Crippen LogP contribution is -2.32. The third kappa shape index (κ3) is 3.50. The highest BCUT2D eigenvalue weighted by atomic mass is 31.2. The second kappa shape index (κ2) is 6.57. The van der Waals surface area contributed by atoms with Crippen LogP contribution >= 0.6 is 6.89 Å². The summed E-state index contributed by atoms with van der Waals surface area (Å²) >= 11 is 0. The van der Waals surface area contributed by atoms with Gasteiger partial charge in [-0.25, -0.2) is 4.98 Å². The fourth-order valence-corrected chi connectivity index (χ4v) is 3.86. The largest absolute Gasteiger partial charge is 0.388 e. The number of imidazole rings is 1. The van der Waals surface area contributed by atoms with E-state index in [1.54, 1.807) is 7.05 Å². The molecule has 0 aliphatic carbocycles. The molecule has 0 radical (unpaired) electrons. The SMILES string of the molecule is C=P(C)(C)CC[C@H]1OC(n2cnc3c(=O)[nH]c(NC)nc32)[C@H](O)[C@@H]1O. The van der Waals surface area contributed by atoms with Crippen molar-refractivity contribution in [2.24, 2.45) is 0 Å². The molecule has 138 valence electrons. The maximum atomic E-state index is 12.0. The van der Waals surface area contributed by atoms with Gasteiger partial charge in [0.05, 0.1) is 12.4 Å². The number of anilines is 1. The Morgan fingerprint density at radius 2 is 2.16 bits per heavy atom. The Labute approximate surface area is 145 Å². The van der Waals surface area contributed by atoms with Gasteiger partial charge in [0.15, 0.2) is 17.4 Å².